The van der Waals surface area contributed by atoms with Crippen LogP contribution in [0.4, 0.5) is 5.95 Å². The van der Waals surface area contributed by atoms with Gasteiger partial charge in [-0.1, -0.05) is 18.2 Å². The molecule has 2 aliphatic rings. The largest absolute Gasteiger partial charge is 0.369 e. The summed E-state index contributed by atoms with van der Waals surface area (Å²) in [5.74, 6) is 0.0873. The molecule has 1 saturated heterocycles. The summed E-state index contributed by atoms with van der Waals surface area (Å²) in [4.78, 5) is 10.2. The van der Waals surface area contributed by atoms with Crippen molar-refractivity contribution in [1.29, 1.82) is 0 Å². The molecule has 0 aliphatic carbocycles. The maximum atomic E-state index is 13.4. The highest BCUT2D eigenvalue weighted by atomic mass is 32.2. The molecule has 0 unspecified atom stereocenters. The first kappa shape index (κ1) is 23.5. The third kappa shape index (κ3) is 4.19. The van der Waals surface area contributed by atoms with E-state index in [1.54, 1.807) is 18.2 Å². The average Bonchev–Trinajstić information content (AvgIpc) is 3.53. The Morgan fingerprint density at radius 2 is 1.86 bits per heavy atom. The van der Waals surface area contributed by atoms with Gasteiger partial charge in [-0.15, -0.1) is 5.11 Å². The van der Waals surface area contributed by atoms with E-state index in [4.69, 9.17) is 16.6 Å². The second kappa shape index (κ2) is 8.43. The number of primary sulfonamides is 1. The highest BCUT2D eigenvalue weighted by molar-refractivity contribution is 7.92. The highest BCUT2D eigenvalue weighted by Gasteiger charge is 2.35. The Kier molecular flexibility index (Phi) is 5.65. The van der Waals surface area contributed by atoms with Crippen LogP contribution >= 0.6 is 0 Å². The molecule has 9 N–H and O–H groups in total. The number of aromatic amines is 1. The van der Waals surface area contributed by atoms with Gasteiger partial charge in [0.1, 0.15) is 9.79 Å². The Hall–Kier alpha value is -3.28. The van der Waals surface area contributed by atoms with Gasteiger partial charge in [0.2, 0.25) is 20.0 Å². The molecule has 2 aromatic carbocycles. The lowest BCUT2D eigenvalue weighted by molar-refractivity contribution is 0.536. The van der Waals surface area contributed by atoms with Crippen LogP contribution < -0.4 is 26.6 Å². The van der Waals surface area contributed by atoms with Crippen LogP contribution in [0.3, 0.4) is 0 Å². The number of nitrogen functional groups attached to an aromatic ring is 1. The fourth-order valence-corrected chi connectivity index (χ4v) is 7.11. The number of anilines is 1. The number of para-hydroxylation sites is 1. The number of fused-ring (bicyclic) bond motifs is 1. The number of nitrogens with one attached hydrogen (secondary N) is 3. The molecule has 0 saturated carbocycles. The summed E-state index contributed by atoms with van der Waals surface area (Å²) in [6.07, 6.45) is 0. The van der Waals surface area contributed by atoms with E-state index in [-0.39, 0.29) is 24.0 Å². The van der Waals surface area contributed by atoms with Gasteiger partial charge in [-0.25, -0.2) is 36.7 Å². The van der Waals surface area contributed by atoms with Crippen molar-refractivity contribution >= 4 is 42.9 Å². The molecule has 16 heteroatoms. The minimum atomic E-state index is -4.61. The molecule has 2 atom stereocenters. The van der Waals surface area contributed by atoms with Gasteiger partial charge in [0.15, 0.2) is 18.5 Å². The number of hydrogen-bond donors (Lipinski definition) is 6. The third-order valence-electron chi connectivity index (χ3n) is 5.76. The summed E-state index contributed by atoms with van der Waals surface area (Å²) in [6, 6.07) is 6.66. The van der Waals surface area contributed by atoms with Crippen LogP contribution in [0.1, 0.15) is 5.56 Å². The molecule has 2 aliphatic heterocycles. The minimum absolute atomic E-state index is 0.0454. The maximum absolute atomic E-state index is 13.4. The van der Waals surface area contributed by atoms with Crippen molar-refractivity contribution in [3.63, 3.8) is 0 Å². The Bertz CT molecular complexity index is 1610. The number of H-pyrrole nitrogens is 1. The molecule has 14 nitrogen and oxygen atoms in total. The zero-order valence-electron chi connectivity index (χ0n) is 18.1. The van der Waals surface area contributed by atoms with E-state index < -0.39 is 41.9 Å². The topological polar surface area (TPSA) is 236 Å². The fraction of sp³-hybridized carbons (Fsp3) is 0.263. The number of benzene rings is 2. The molecule has 0 radical (unpaired) electrons. The number of sulfonamides is 2. The summed E-state index contributed by atoms with van der Waals surface area (Å²) in [5.41, 5.74) is 13.5. The van der Waals surface area contributed by atoms with Crippen molar-refractivity contribution in [3.8, 4) is 11.1 Å². The van der Waals surface area contributed by atoms with Crippen molar-refractivity contribution in [2.75, 3.05) is 25.5 Å². The average molecular weight is 519 g/mol. The first-order valence-electron chi connectivity index (χ1n) is 10.4. The number of nitrogens with zero attached hydrogens (tertiary/aromatic N) is 4. The van der Waals surface area contributed by atoms with E-state index in [0.29, 0.717) is 35.2 Å². The van der Waals surface area contributed by atoms with Gasteiger partial charge in [0, 0.05) is 24.7 Å². The van der Waals surface area contributed by atoms with Gasteiger partial charge in [-0.05, 0) is 17.7 Å². The Balaban J connectivity index is 1.80. The molecule has 0 amide bonds. The van der Waals surface area contributed by atoms with Crippen LogP contribution in [-0.4, -0.2) is 64.5 Å². The first-order chi connectivity index (χ1) is 16.6. The molecule has 0 spiro atoms. The van der Waals surface area contributed by atoms with E-state index >= 15 is 0 Å². The standard InChI is InChI=1S/C19H22N10O4S2/c20-11-6-23-7-13(11)29-35(32,33)14-5-4-9(10-2-1-3-12-16(10)27-19(21)26-12)15(17(14)34(22,30)31)18-24-8-25-28-18/h1-5,11,13,23,29H,6-8,20H2,(H3,21,26,27)(H2,22,30,31)/t11-,13+/m0/s1. The van der Waals surface area contributed by atoms with E-state index in [0.717, 1.165) is 0 Å². The van der Waals surface area contributed by atoms with Crippen LogP contribution in [0.25, 0.3) is 22.2 Å². The molecule has 1 fully saturated rings. The zero-order valence-corrected chi connectivity index (χ0v) is 19.8. The number of rotatable bonds is 6. The second-order valence-electron chi connectivity index (χ2n) is 8.10. The fourth-order valence-electron chi connectivity index (χ4n) is 4.22. The number of hydrogen-bond acceptors (Lipinski definition) is 11. The molecule has 1 aromatic heterocycles. The van der Waals surface area contributed by atoms with Crippen LogP contribution in [-0.2, 0) is 20.0 Å². The monoisotopic (exact) mass is 518 g/mol. The van der Waals surface area contributed by atoms with Crippen molar-refractivity contribution in [1.82, 2.24) is 20.0 Å². The van der Waals surface area contributed by atoms with Crippen LogP contribution in [0.15, 0.2) is 55.3 Å². The molecule has 184 valence electrons. The summed E-state index contributed by atoms with van der Waals surface area (Å²) in [5, 5.41) is 16.3. The predicted octanol–water partition coefficient (Wildman–Crippen LogP) is -0.793. The first-order valence-corrected chi connectivity index (χ1v) is 13.4. The summed E-state index contributed by atoms with van der Waals surface area (Å²) in [6.45, 7) is 0.656. The number of azo groups is 1. The third-order valence-corrected chi connectivity index (χ3v) is 8.41. The van der Waals surface area contributed by atoms with Crippen LogP contribution in [0, 0.1) is 0 Å². The quantitative estimate of drug-likeness (QED) is 0.241. The van der Waals surface area contributed by atoms with Crippen molar-refractivity contribution in [2.45, 2.75) is 21.9 Å². The lowest BCUT2D eigenvalue weighted by atomic mass is 9.97. The molecule has 35 heavy (non-hydrogen) atoms. The Morgan fingerprint density at radius 3 is 2.51 bits per heavy atom. The van der Waals surface area contributed by atoms with E-state index in [9.17, 15) is 16.8 Å². The SMILES string of the molecule is Nc1nc2c(-c3ccc(S(=O)(=O)N[C@@H]4CNC[C@@H]4N)c(S(N)(=O)=O)c3C3=NCN=N3)cccc2[nH]1. The lowest BCUT2D eigenvalue weighted by Gasteiger charge is -2.20. The Labute approximate surface area is 200 Å². The summed E-state index contributed by atoms with van der Waals surface area (Å²) >= 11 is 0. The number of amidine groups is 1. The number of aromatic nitrogens is 2. The number of nitrogens with two attached hydrogens (primary N) is 3. The smallest absolute Gasteiger partial charge is 0.242 e. The minimum Gasteiger partial charge on any atom is -0.369 e. The Morgan fingerprint density at radius 1 is 1.06 bits per heavy atom. The van der Waals surface area contributed by atoms with Crippen molar-refractivity contribution < 1.29 is 16.8 Å². The predicted molar refractivity (Wildman–Crippen MR) is 129 cm³/mol. The van der Waals surface area contributed by atoms with Crippen molar-refractivity contribution in [3.05, 3.63) is 35.9 Å². The van der Waals surface area contributed by atoms with Gasteiger partial charge in [-0.3, -0.25) is 0 Å². The normalized spacial score (nSPS) is 20.6. The van der Waals surface area contributed by atoms with Crippen LogP contribution in [0.5, 0.6) is 0 Å². The molecular formula is C19H22N10O4S2. The number of aliphatic imine (C=N–C) groups is 1. The molecule has 3 aromatic rings. The lowest BCUT2D eigenvalue weighted by Crippen LogP contribution is -2.47. The molecule has 3 heterocycles. The highest BCUT2D eigenvalue weighted by Crippen LogP contribution is 2.37. The van der Waals surface area contributed by atoms with E-state index in [1.807, 2.05) is 0 Å². The van der Waals surface area contributed by atoms with Gasteiger partial charge in [0.25, 0.3) is 0 Å². The van der Waals surface area contributed by atoms with Gasteiger partial charge in [0.05, 0.1) is 22.6 Å². The molecule has 5 rings (SSSR count). The maximum Gasteiger partial charge on any atom is 0.242 e. The van der Waals surface area contributed by atoms with E-state index in [2.05, 4.69) is 35.2 Å². The summed E-state index contributed by atoms with van der Waals surface area (Å²) < 4.78 is 55.1. The van der Waals surface area contributed by atoms with Gasteiger partial charge >= 0.3 is 0 Å². The number of imidazole rings is 1. The van der Waals surface area contributed by atoms with Gasteiger partial charge < -0.3 is 21.8 Å². The molecular weight excluding hydrogens is 496 g/mol. The summed E-state index contributed by atoms with van der Waals surface area (Å²) in [7, 11) is -8.99. The van der Waals surface area contributed by atoms with Crippen molar-refractivity contribution in [2.24, 2.45) is 26.1 Å². The van der Waals surface area contributed by atoms with E-state index in [1.165, 1.54) is 12.1 Å². The zero-order chi connectivity index (χ0) is 25.0. The van der Waals surface area contributed by atoms with Crippen LogP contribution in [0.2, 0.25) is 0 Å². The molecule has 0 bridgehead atoms. The second-order valence-corrected chi connectivity index (χ2v) is 11.3. The van der Waals surface area contributed by atoms with Gasteiger partial charge in [-0.2, -0.15) is 5.11 Å².